The van der Waals surface area contributed by atoms with E-state index in [0.29, 0.717) is 29.6 Å². The summed E-state index contributed by atoms with van der Waals surface area (Å²) in [5.74, 6) is 2.36. The Morgan fingerprint density at radius 3 is 1.56 bits per heavy atom. The second-order valence-corrected chi connectivity index (χ2v) is 8.36. The Labute approximate surface area is 241 Å². The van der Waals surface area contributed by atoms with Crippen molar-refractivity contribution in [3.05, 3.63) is 129 Å². The van der Waals surface area contributed by atoms with Crippen molar-refractivity contribution >= 4 is 14.6 Å². The van der Waals surface area contributed by atoms with Crippen LogP contribution in [0.3, 0.4) is 0 Å². The van der Waals surface area contributed by atoms with Crippen molar-refractivity contribution in [3.63, 3.8) is 0 Å². The minimum absolute atomic E-state index is 0. The van der Waals surface area contributed by atoms with Crippen LogP contribution in [-0.4, -0.2) is 13.1 Å². The fraction of sp³-hybridized carbons (Fsp3) is 0.167. The molecule has 0 aromatic heterocycles. The van der Waals surface area contributed by atoms with Crippen LogP contribution in [0.15, 0.2) is 115 Å². The first kappa shape index (κ1) is 35.4. The Morgan fingerprint density at radius 2 is 1.18 bits per heavy atom. The SMILES string of the molecule is COC(=O)C[C@H]1C=CC=CCC1.[C-]#[O+].[C-]#[O+].[Fe].c1ccc(OP(Oc2ccccc2)Oc2ccccc2)cc1. The van der Waals surface area contributed by atoms with Gasteiger partial charge in [-0.2, -0.15) is 0 Å². The molecule has 0 spiro atoms. The van der Waals surface area contributed by atoms with E-state index in [-0.39, 0.29) is 23.0 Å². The van der Waals surface area contributed by atoms with E-state index in [1.807, 2.05) is 103 Å². The van der Waals surface area contributed by atoms with Gasteiger partial charge in [0.15, 0.2) is 0 Å². The van der Waals surface area contributed by atoms with E-state index >= 15 is 0 Å². The zero-order chi connectivity index (χ0) is 27.8. The first-order chi connectivity index (χ1) is 18.7. The van der Waals surface area contributed by atoms with Gasteiger partial charge in [-0.15, -0.1) is 0 Å². The molecule has 0 unspecified atom stereocenters. The van der Waals surface area contributed by atoms with Crippen LogP contribution < -0.4 is 13.6 Å². The average molecular weight is 588 g/mol. The van der Waals surface area contributed by atoms with Gasteiger partial charge in [0.25, 0.3) is 0 Å². The average Bonchev–Trinajstić information content (AvgIpc) is 3.26. The molecule has 0 N–H and O–H groups in total. The molecule has 7 nitrogen and oxygen atoms in total. The monoisotopic (exact) mass is 588 g/mol. The van der Waals surface area contributed by atoms with Crippen molar-refractivity contribution in [2.24, 2.45) is 5.92 Å². The van der Waals surface area contributed by atoms with Gasteiger partial charge in [0.2, 0.25) is 0 Å². The molecule has 0 heterocycles. The molecule has 1 aliphatic rings. The molecule has 39 heavy (non-hydrogen) atoms. The maximum Gasteiger partial charge on any atom is 0.530 e. The fourth-order valence-electron chi connectivity index (χ4n) is 3.03. The van der Waals surface area contributed by atoms with Gasteiger partial charge in [0.05, 0.1) is 13.5 Å². The Balaban J connectivity index is 0.000000726. The van der Waals surface area contributed by atoms with Crippen LogP contribution in [0.1, 0.15) is 19.3 Å². The number of benzene rings is 3. The van der Waals surface area contributed by atoms with Crippen LogP contribution in [-0.2, 0) is 35.9 Å². The third kappa shape index (κ3) is 16.1. The zero-order valence-corrected chi connectivity index (χ0v) is 23.3. The molecule has 0 aliphatic heterocycles. The molecule has 9 heteroatoms. The predicted molar refractivity (Wildman–Crippen MR) is 144 cm³/mol. The van der Waals surface area contributed by atoms with Crippen LogP contribution in [0.2, 0.25) is 0 Å². The molecule has 204 valence electrons. The second-order valence-electron chi connectivity index (χ2n) is 7.37. The van der Waals surface area contributed by atoms with E-state index < -0.39 is 8.60 Å². The first-order valence-corrected chi connectivity index (χ1v) is 12.6. The number of ether oxygens (including phenoxy) is 1. The molecule has 3 aromatic carbocycles. The third-order valence-corrected chi connectivity index (χ3v) is 5.84. The molecular weight excluding hydrogens is 559 g/mol. The Morgan fingerprint density at radius 1 is 0.769 bits per heavy atom. The van der Waals surface area contributed by atoms with Gasteiger partial charge in [-0.25, -0.2) is 0 Å². The molecule has 0 saturated heterocycles. The van der Waals surface area contributed by atoms with E-state index in [0.717, 1.165) is 12.8 Å². The third-order valence-electron chi connectivity index (χ3n) is 4.76. The zero-order valence-electron chi connectivity index (χ0n) is 21.3. The summed E-state index contributed by atoms with van der Waals surface area (Å²) in [6, 6.07) is 28.5. The van der Waals surface area contributed by atoms with Crippen molar-refractivity contribution in [1.29, 1.82) is 0 Å². The van der Waals surface area contributed by atoms with Gasteiger partial charge in [-0.05, 0) is 55.2 Å². The largest absolute Gasteiger partial charge is 0.530 e. The Hall–Kier alpha value is -3.56. The predicted octanol–water partition coefficient (Wildman–Crippen LogP) is 7.44. The summed E-state index contributed by atoms with van der Waals surface area (Å²) in [5.41, 5.74) is 0. The van der Waals surface area contributed by atoms with Gasteiger partial charge < -0.3 is 18.3 Å². The van der Waals surface area contributed by atoms with Gasteiger partial charge >= 0.3 is 37.2 Å². The van der Waals surface area contributed by atoms with Crippen LogP contribution in [0.5, 0.6) is 17.2 Å². The van der Waals surface area contributed by atoms with E-state index in [4.69, 9.17) is 22.9 Å². The summed E-state index contributed by atoms with van der Waals surface area (Å²) >= 11 is 0. The van der Waals surface area contributed by atoms with Crippen molar-refractivity contribution < 1.29 is 49.5 Å². The molecule has 1 aliphatic carbocycles. The molecule has 0 fully saturated rings. The summed E-state index contributed by atoms with van der Waals surface area (Å²) in [7, 11) is -0.158. The summed E-state index contributed by atoms with van der Waals surface area (Å²) in [4.78, 5) is 10.9. The molecule has 0 saturated carbocycles. The minimum atomic E-state index is -1.59. The van der Waals surface area contributed by atoms with Gasteiger partial charge in [-0.1, -0.05) is 78.9 Å². The topological polar surface area (TPSA) is 93.8 Å². The van der Waals surface area contributed by atoms with Gasteiger partial charge in [0, 0.05) is 17.1 Å². The molecule has 3 aromatic rings. The molecule has 1 atom stereocenters. The standard InChI is InChI=1S/C18H15O3P.C10H14O2.2CO.Fe/c1-4-10-16(11-5-1)19-22(20-17-12-6-2-7-13-17)21-18-14-8-3-9-15-18;1-12-10(11)8-9-6-4-2-3-5-7-9;2*1-2;/h1-15H;2-4,6,9H,5,7-8H2,1H3;;;/t;9-;;;/m.0.../s1. The minimum Gasteiger partial charge on any atom is -0.409 e. The second kappa shape index (κ2) is 23.5. The Bertz CT molecular complexity index is 1020. The van der Waals surface area contributed by atoms with E-state index in [1.54, 1.807) is 0 Å². The maximum absolute atomic E-state index is 10.9. The molecular formula is C30H29FeO7P. The van der Waals surface area contributed by atoms with Gasteiger partial charge in [-0.3, -0.25) is 4.79 Å². The first-order valence-electron chi connectivity index (χ1n) is 11.5. The number of rotatable bonds is 8. The maximum atomic E-state index is 10.9. The number of hydrogen-bond acceptors (Lipinski definition) is 5. The molecule has 0 radical (unpaired) electrons. The van der Waals surface area contributed by atoms with Crippen molar-refractivity contribution in [2.75, 3.05) is 7.11 Å². The molecule has 4 rings (SSSR count). The number of para-hydroxylation sites is 3. The molecule has 0 amide bonds. The number of esters is 1. The number of methoxy groups -OCH3 is 1. The summed E-state index contributed by atoms with van der Waals surface area (Å²) in [5, 5.41) is 0. The number of hydrogen-bond donors (Lipinski definition) is 0. The van der Waals surface area contributed by atoms with Gasteiger partial charge in [0.1, 0.15) is 17.2 Å². The van der Waals surface area contributed by atoms with Crippen LogP contribution in [0, 0.1) is 19.2 Å². The smallest absolute Gasteiger partial charge is 0.409 e. The van der Waals surface area contributed by atoms with E-state index in [1.165, 1.54) is 7.11 Å². The Kier molecular flexibility index (Phi) is 21.4. The molecule has 0 bridgehead atoms. The summed E-state index contributed by atoms with van der Waals surface area (Å²) in [6.45, 7) is 9.00. The number of allylic oxidation sites excluding steroid dienone is 4. The quantitative estimate of drug-likeness (QED) is 0.0897. The van der Waals surface area contributed by atoms with Crippen LogP contribution in [0.25, 0.3) is 0 Å². The number of carbonyl (C=O) groups excluding carboxylic acids is 1. The van der Waals surface area contributed by atoms with Crippen LogP contribution in [0.4, 0.5) is 0 Å². The van der Waals surface area contributed by atoms with Crippen molar-refractivity contribution in [3.8, 4) is 17.2 Å². The summed E-state index contributed by atoms with van der Waals surface area (Å²) in [6.07, 6.45) is 10.8. The van der Waals surface area contributed by atoms with E-state index in [2.05, 4.69) is 30.2 Å². The van der Waals surface area contributed by atoms with Crippen LogP contribution >= 0.6 is 8.60 Å². The van der Waals surface area contributed by atoms with Crippen molar-refractivity contribution in [1.82, 2.24) is 0 Å². The van der Waals surface area contributed by atoms with Crippen molar-refractivity contribution in [2.45, 2.75) is 19.3 Å². The fourth-order valence-corrected chi connectivity index (χ4v) is 4.02. The van der Waals surface area contributed by atoms with E-state index in [9.17, 15) is 4.79 Å². The normalized spacial score (nSPS) is 12.6. The number of carbonyl (C=O) groups is 1. The summed E-state index contributed by atoms with van der Waals surface area (Å²) < 4.78 is 37.1.